The molecule has 3 aromatic carbocycles. The van der Waals surface area contributed by atoms with Gasteiger partial charge in [0.1, 0.15) is 6.04 Å². The molecule has 0 saturated heterocycles. The first-order valence-electron chi connectivity index (χ1n) is 13.8. The van der Waals surface area contributed by atoms with E-state index in [1.165, 1.54) is 18.4 Å². The van der Waals surface area contributed by atoms with Gasteiger partial charge in [-0.2, -0.15) is 4.31 Å². The van der Waals surface area contributed by atoms with E-state index in [4.69, 9.17) is 0 Å². The molecule has 4 rings (SSSR count). The number of hydrogen-bond donors (Lipinski definition) is 1. The molecule has 0 bridgehead atoms. The number of carbonyl (C=O) groups excluding carboxylic acids is 2. The zero-order valence-corrected chi connectivity index (χ0v) is 23.9. The smallest absolute Gasteiger partial charge is 0.243 e. The Morgan fingerprint density at radius 3 is 2.28 bits per heavy atom. The topological polar surface area (TPSA) is 86.8 Å². The molecule has 3 aromatic rings. The molecule has 7 nitrogen and oxygen atoms in total. The Morgan fingerprint density at radius 2 is 1.62 bits per heavy atom. The van der Waals surface area contributed by atoms with Crippen LogP contribution in [0.25, 0.3) is 10.8 Å². The lowest BCUT2D eigenvalue weighted by Gasteiger charge is -2.33. The first kappa shape index (κ1) is 28.8. The van der Waals surface area contributed by atoms with Crippen LogP contribution in [0, 0.1) is 6.92 Å². The molecule has 0 heterocycles. The summed E-state index contributed by atoms with van der Waals surface area (Å²) in [7, 11) is -2.52. The van der Waals surface area contributed by atoms with Crippen LogP contribution >= 0.6 is 0 Å². The summed E-state index contributed by atoms with van der Waals surface area (Å²) >= 11 is 0. The minimum atomic E-state index is -3.93. The molecule has 1 aliphatic carbocycles. The number of amides is 2. The Kier molecular flexibility index (Phi) is 9.40. The summed E-state index contributed by atoms with van der Waals surface area (Å²) in [5.41, 5.74) is 1.98. The molecule has 1 atom stereocenters. The highest BCUT2D eigenvalue weighted by Crippen LogP contribution is 2.23. The summed E-state index contributed by atoms with van der Waals surface area (Å²) in [5.74, 6) is -0.585. The predicted molar refractivity (Wildman–Crippen MR) is 155 cm³/mol. The number of carbonyl (C=O) groups is 2. The molecule has 8 heteroatoms. The molecule has 0 spiro atoms. The van der Waals surface area contributed by atoms with E-state index in [0.717, 1.165) is 51.9 Å². The highest BCUT2D eigenvalue weighted by Gasteiger charge is 2.33. The van der Waals surface area contributed by atoms with Crippen molar-refractivity contribution in [3.63, 3.8) is 0 Å². The van der Waals surface area contributed by atoms with Crippen molar-refractivity contribution >= 4 is 32.6 Å². The van der Waals surface area contributed by atoms with Gasteiger partial charge < -0.3 is 10.2 Å². The van der Waals surface area contributed by atoms with Crippen molar-refractivity contribution in [2.24, 2.45) is 0 Å². The fourth-order valence-electron chi connectivity index (χ4n) is 5.23. The van der Waals surface area contributed by atoms with E-state index in [1.807, 2.05) is 62.4 Å². The van der Waals surface area contributed by atoms with Crippen LogP contribution in [-0.4, -0.2) is 55.1 Å². The van der Waals surface area contributed by atoms with Gasteiger partial charge in [0.15, 0.2) is 0 Å². The largest absolute Gasteiger partial charge is 0.352 e. The maximum Gasteiger partial charge on any atom is 0.243 e. The molecule has 1 N–H and O–H groups in total. The standard InChI is InChI=1S/C31H39N3O4S/c1-4-29(31(36)32-27-12-6-5-7-13-27)34(21-24-16-14-23(2)15-17-24)30(35)22-33(3)39(37,38)28-19-18-25-10-8-9-11-26(25)20-28/h8-11,14-20,27,29H,4-7,12-13,21-22H2,1-3H3,(H,32,36)/t29-/m1/s1. The third kappa shape index (κ3) is 7.05. The Bertz CT molecular complexity index is 1400. The first-order chi connectivity index (χ1) is 18.7. The second kappa shape index (κ2) is 12.7. The van der Waals surface area contributed by atoms with Gasteiger partial charge in [-0.1, -0.05) is 86.3 Å². The summed E-state index contributed by atoms with van der Waals surface area (Å²) in [4.78, 5) is 28.8. The molecule has 1 fully saturated rings. The van der Waals surface area contributed by atoms with Gasteiger partial charge >= 0.3 is 0 Å². The van der Waals surface area contributed by atoms with E-state index in [-0.39, 0.29) is 29.9 Å². The molecular formula is C31H39N3O4S. The van der Waals surface area contributed by atoms with Gasteiger partial charge in [0.2, 0.25) is 21.8 Å². The Morgan fingerprint density at radius 1 is 0.949 bits per heavy atom. The number of rotatable bonds is 10. The Hall–Kier alpha value is -3.23. The summed E-state index contributed by atoms with van der Waals surface area (Å²) in [5, 5.41) is 4.91. The molecule has 0 unspecified atom stereocenters. The molecule has 0 aliphatic heterocycles. The minimum Gasteiger partial charge on any atom is -0.352 e. The fourth-order valence-corrected chi connectivity index (χ4v) is 6.38. The van der Waals surface area contributed by atoms with E-state index < -0.39 is 22.0 Å². The van der Waals surface area contributed by atoms with Crippen molar-refractivity contribution < 1.29 is 18.0 Å². The average Bonchev–Trinajstić information content (AvgIpc) is 2.94. The van der Waals surface area contributed by atoms with Crippen LogP contribution in [0.2, 0.25) is 0 Å². The van der Waals surface area contributed by atoms with Crippen molar-refractivity contribution in [2.75, 3.05) is 13.6 Å². The molecule has 39 heavy (non-hydrogen) atoms. The van der Waals surface area contributed by atoms with E-state index in [2.05, 4.69) is 5.32 Å². The molecule has 0 radical (unpaired) electrons. The van der Waals surface area contributed by atoms with Crippen molar-refractivity contribution in [1.29, 1.82) is 0 Å². The minimum absolute atomic E-state index is 0.118. The van der Waals surface area contributed by atoms with Crippen molar-refractivity contribution in [2.45, 2.75) is 75.9 Å². The van der Waals surface area contributed by atoms with Gasteiger partial charge in [0.25, 0.3) is 0 Å². The van der Waals surface area contributed by atoms with E-state index in [9.17, 15) is 18.0 Å². The maximum absolute atomic E-state index is 13.8. The summed E-state index contributed by atoms with van der Waals surface area (Å²) in [6.45, 7) is 3.73. The Labute approximate surface area is 232 Å². The molecule has 1 saturated carbocycles. The van der Waals surface area contributed by atoms with Crippen LogP contribution in [0.4, 0.5) is 0 Å². The van der Waals surface area contributed by atoms with Crippen molar-refractivity contribution in [3.8, 4) is 0 Å². The zero-order valence-electron chi connectivity index (χ0n) is 23.1. The van der Waals surface area contributed by atoms with Crippen LogP contribution in [-0.2, 0) is 26.2 Å². The molecule has 2 amide bonds. The van der Waals surface area contributed by atoms with E-state index in [1.54, 1.807) is 18.2 Å². The van der Waals surface area contributed by atoms with E-state index in [0.29, 0.717) is 6.42 Å². The molecule has 208 valence electrons. The van der Waals surface area contributed by atoms with Gasteiger partial charge in [-0.25, -0.2) is 8.42 Å². The number of aryl methyl sites for hydroxylation is 1. The maximum atomic E-state index is 13.8. The molecular weight excluding hydrogens is 510 g/mol. The second-order valence-electron chi connectivity index (χ2n) is 10.5. The molecule has 1 aliphatic rings. The predicted octanol–water partition coefficient (Wildman–Crippen LogP) is 5.03. The lowest BCUT2D eigenvalue weighted by atomic mass is 9.95. The average molecular weight is 550 g/mol. The monoisotopic (exact) mass is 549 g/mol. The van der Waals surface area contributed by atoms with E-state index >= 15 is 0 Å². The van der Waals surface area contributed by atoms with Crippen LogP contribution in [0.1, 0.15) is 56.6 Å². The summed E-state index contributed by atoms with van der Waals surface area (Å²) < 4.78 is 28.0. The quantitative estimate of drug-likeness (QED) is 0.385. The van der Waals surface area contributed by atoms with Crippen molar-refractivity contribution in [1.82, 2.24) is 14.5 Å². The van der Waals surface area contributed by atoms with Gasteiger partial charge in [0.05, 0.1) is 11.4 Å². The fraction of sp³-hybridized carbons (Fsp3) is 0.419. The Balaban J connectivity index is 1.56. The van der Waals surface area contributed by atoms with Crippen LogP contribution in [0.5, 0.6) is 0 Å². The SMILES string of the molecule is CC[C@H](C(=O)NC1CCCCC1)N(Cc1ccc(C)cc1)C(=O)CN(C)S(=O)(=O)c1ccc2ccccc2c1. The molecule has 0 aromatic heterocycles. The highest BCUT2D eigenvalue weighted by molar-refractivity contribution is 7.89. The number of likely N-dealkylation sites (N-methyl/N-ethyl adjacent to an activating group) is 1. The number of fused-ring (bicyclic) bond motifs is 1. The summed E-state index contributed by atoms with van der Waals surface area (Å²) in [6, 6.07) is 19.7. The van der Waals surface area contributed by atoms with Crippen LogP contribution < -0.4 is 5.32 Å². The van der Waals surface area contributed by atoms with Gasteiger partial charge in [-0.3, -0.25) is 9.59 Å². The third-order valence-corrected chi connectivity index (χ3v) is 9.40. The van der Waals surface area contributed by atoms with Crippen LogP contribution in [0.3, 0.4) is 0 Å². The highest BCUT2D eigenvalue weighted by atomic mass is 32.2. The number of hydrogen-bond acceptors (Lipinski definition) is 4. The van der Waals surface area contributed by atoms with Gasteiger partial charge in [-0.15, -0.1) is 0 Å². The normalized spacial score (nSPS) is 15.3. The van der Waals surface area contributed by atoms with Crippen LogP contribution in [0.15, 0.2) is 71.6 Å². The number of nitrogens with zero attached hydrogens (tertiary/aromatic N) is 2. The van der Waals surface area contributed by atoms with Gasteiger partial charge in [0, 0.05) is 19.6 Å². The summed E-state index contributed by atoms with van der Waals surface area (Å²) in [6.07, 6.45) is 5.68. The zero-order chi connectivity index (χ0) is 28.0. The third-order valence-electron chi connectivity index (χ3n) is 7.60. The number of benzene rings is 3. The number of sulfonamides is 1. The van der Waals surface area contributed by atoms with Gasteiger partial charge in [-0.05, 0) is 54.7 Å². The lowest BCUT2D eigenvalue weighted by Crippen LogP contribution is -2.53. The lowest BCUT2D eigenvalue weighted by molar-refractivity contribution is -0.141. The first-order valence-corrected chi connectivity index (χ1v) is 15.2. The van der Waals surface area contributed by atoms with Crippen molar-refractivity contribution in [3.05, 3.63) is 77.9 Å². The number of nitrogens with one attached hydrogen (secondary N) is 1. The second-order valence-corrected chi connectivity index (χ2v) is 12.6.